The summed E-state index contributed by atoms with van der Waals surface area (Å²) in [6.07, 6.45) is 0.876. The minimum absolute atomic E-state index is 0.0740. The number of hydrogen-bond donors (Lipinski definition) is 2. The maximum absolute atomic E-state index is 11.9. The van der Waals surface area contributed by atoms with Crippen molar-refractivity contribution in [2.24, 2.45) is 0 Å². The molecule has 0 bridgehead atoms. The van der Waals surface area contributed by atoms with Crippen LogP contribution in [-0.4, -0.2) is 32.7 Å². The lowest BCUT2D eigenvalue weighted by molar-refractivity contribution is -0.119. The van der Waals surface area contributed by atoms with Crippen molar-refractivity contribution < 1.29 is 9.53 Å². The highest BCUT2D eigenvalue weighted by atomic mass is 16.5. The minimum atomic E-state index is -0.432. The number of carbonyl (C=O) groups excluding carboxylic acids is 1. The highest BCUT2D eigenvalue weighted by molar-refractivity contribution is 6.05. The van der Waals surface area contributed by atoms with Gasteiger partial charge in [0, 0.05) is 12.2 Å². The Morgan fingerprint density at radius 2 is 2.11 bits per heavy atom. The Kier molecular flexibility index (Phi) is 4.22. The highest BCUT2D eigenvalue weighted by Crippen LogP contribution is 2.37. The fraction of sp³-hybridized carbons (Fsp3) is 0.533. The molecule has 19 heavy (non-hydrogen) atoms. The summed E-state index contributed by atoms with van der Waals surface area (Å²) in [5, 5.41) is 5.97. The zero-order valence-electron chi connectivity index (χ0n) is 11.9. The van der Waals surface area contributed by atoms with Gasteiger partial charge in [-0.2, -0.15) is 0 Å². The average molecular weight is 262 g/mol. The number of fused-ring (bicyclic) bond motifs is 1. The van der Waals surface area contributed by atoms with Crippen LogP contribution in [0.2, 0.25) is 0 Å². The molecule has 0 radical (unpaired) electrons. The molecule has 0 fully saturated rings. The van der Waals surface area contributed by atoms with Crippen LogP contribution in [0.5, 0.6) is 0 Å². The van der Waals surface area contributed by atoms with Crippen molar-refractivity contribution in [2.45, 2.75) is 25.7 Å². The van der Waals surface area contributed by atoms with Crippen molar-refractivity contribution in [1.29, 1.82) is 0 Å². The summed E-state index contributed by atoms with van der Waals surface area (Å²) in [6.45, 7) is 6.23. The Balaban J connectivity index is 1.98. The van der Waals surface area contributed by atoms with E-state index >= 15 is 0 Å². The zero-order chi connectivity index (χ0) is 13.9. The lowest BCUT2D eigenvalue weighted by atomic mass is 9.85. The summed E-state index contributed by atoms with van der Waals surface area (Å²) in [6, 6.07) is 6.17. The van der Waals surface area contributed by atoms with Gasteiger partial charge in [0.1, 0.15) is 0 Å². The second-order valence-corrected chi connectivity index (χ2v) is 5.42. The molecule has 0 aromatic heterocycles. The largest absolute Gasteiger partial charge is 0.380 e. The highest BCUT2D eigenvalue weighted by Gasteiger charge is 2.38. The molecule has 104 valence electrons. The second kappa shape index (κ2) is 5.72. The summed E-state index contributed by atoms with van der Waals surface area (Å²) >= 11 is 0. The van der Waals surface area contributed by atoms with Gasteiger partial charge in [-0.3, -0.25) is 4.79 Å². The number of nitrogens with one attached hydrogen (secondary N) is 2. The third-order valence-corrected chi connectivity index (χ3v) is 3.60. The topological polar surface area (TPSA) is 50.4 Å². The predicted molar refractivity (Wildman–Crippen MR) is 76.5 cm³/mol. The monoisotopic (exact) mass is 262 g/mol. The third kappa shape index (κ3) is 2.96. The molecular formula is C15H22N2O2. The number of anilines is 1. The molecule has 0 aliphatic carbocycles. The SMILES string of the molecule is CNCCOCCc1ccc2c(c1)C(C)(C)C(=O)N2. The van der Waals surface area contributed by atoms with Gasteiger partial charge < -0.3 is 15.4 Å². The van der Waals surface area contributed by atoms with Gasteiger partial charge in [0.25, 0.3) is 0 Å². The minimum Gasteiger partial charge on any atom is -0.380 e. The van der Waals surface area contributed by atoms with E-state index in [4.69, 9.17) is 4.74 Å². The molecule has 1 heterocycles. The number of likely N-dealkylation sites (N-methyl/N-ethyl adjacent to an activating group) is 1. The molecule has 0 saturated heterocycles. The fourth-order valence-corrected chi connectivity index (χ4v) is 2.24. The second-order valence-electron chi connectivity index (χ2n) is 5.42. The van der Waals surface area contributed by atoms with Crippen molar-refractivity contribution in [3.05, 3.63) is 29.3 Å². The molecule has 1 amide bonds. The zero-order valence-corrected chi connectivity index (χ0v) is 11.9. The number of hydrogen-bond acceptors (Lipinski definition) is 3. The molecule has 1 aliphatic rings. The van der Waals surface area contributed by atoms with Crippen LogP contribution >= 0.6 is 0 Å². The van der Waals surface area contributed by atoms with Gasteiger partial charge in [-0.15, -0.1) is 0 Å². The lowest BCUT2D eigenvalue weighted by Crippen LogP contribution is -2.26. The molecule has 1 aromatic carbocycles. The normalized spacial score (nSPS) is 16.3. The molecule has 2 N–H and O–H groups in total. The molecule has 0 atom stereocenters. The van der Waals surface area contributed by atoms with Crippen LogP contribution in [0, 0.1) is 0 Å². The van der Waals surface area contributed by atoms with E-state index in [0.29, 0.717) is 6.61 Å². The van der Waals surface area contributed by atoms with Crippen molar-refractivity contribution in [2.75, 3.05) is 32.1 Å². The van der Waals surface area contributed by atoms with Crippen molar-refractivity contribution in [3.63, 3.8) is 0 Å². The molecule has 4 nitrogen and oxygen atoms in total. The first-order chi connectivity index (χ1) is 9.05. The van der Waals surface area contributed by atoms with E-state index in [-0.39, 0.29) is 5.91 Å². The van der Waals surface area contributed by atoms with E-state index in [1.54, 1.807) is 0 Å². The summed E-state index contributed by atoms with van der Waals surface area (Å²) in [7, 11) is 1.91. The first-order valence-electron chi connectivity index (χ1n) is 6.73. The van der Waals surface area contributed by atoms with Gasteiger partial charge in [0.2, 0.25) is 5.91 Å². The molecule has 2 rings (SSSR count). The predicted octanol–water partition coefficient (Wildman–Crippen LogP) is 1.69. The molecule has 0 spiro atoms. The van der Waals surface area contributed by atoms with Crippen LogP contribution in [0.4, 0.5) is 5.69 Å². The van der Waals surface area contributed by atoms with Crippen LogP contribution in [0.1, 0.15) is 25.0 Å². The third-order valence-electron chi connectivity index (χ3n) is 3.60. The number of rotatable bonds is 6. The maximum atomic E-state index is 11.9. The summed E-state index contributed by atoms with van der Waals surface area (Å²) < 4.78 is 5.53. The molecule has 1 aromatic rings. The van der Waals surface area contributed by atoms with E-state index in [9.17, 15) is 4.79 Å². The van der Waals surface area contributed by atoms with E-state index < -0.39 is 5.41 Å². The Bertz CT molecular complexity index is 469. The van der Waals surface area contributed by atoms with Crippen molar-refractivity contribution in [1.82, 2.24) is 5.32 Å². The summed E-state index contributed by atoms with van der Waals surface area (Å²) in [5.74, 6) is 0.0740. The lowest BCUT2D eigenvalue weighted by Gasteiger charge is -2.15. The van der Waals surface area contributed by atoms with Crippen LogP contribution in [-0.2, 0) is 21.4 Å². The van der Waals surface area contributed by atoms with Crippen molar-refractivity contribution in [3.8, 4) is 0 Å². The van der Waals surface area contributed by atoms with Crippen LogP contribution in [0.15, 0.2) is 18.2 Å². The molecular weight excluding hydrogens is 240 g/mol. The number of amides is 1. The summed E-state index contributed by atoms with van der Waals surface area (Å²) in [5.41, 5.74) is 2.81. The summed E-state index contributed by atoms with van der Waals surface area (Å²) in [4.78, 5) is 11.9. The van der Waals surface area contributed by atoms with Gasteiger partial charge >= 0.3 is 0 Å². The van der Waals surface area contributed by atoms with Crippen LogP contribution in [0.3, 0.4) is 0 Å². The standard InChI is InChI=1S/C15H22N2O2/c1-15(2)12-10-11(6-8-19-9-7-16-3)4-5-13(12)17-14(15)18/h4-5,10,16H,6-9H2,1-3H3,(H,17,18). The van der Waals surface area contributed by atoms with Gasteiger partial charge in [-0.25, -0.2) is 0 Å². The van der Waals surface area contributed by atoms with E-state index in [0.717, 1.165) is 30.8 Å². The molecule has 0 unspecified atom stereocenters. The van der Waals surface area contributed by atoms with Crippen LogP contribution in [0.25, 0.3) is 0 Å². The van der Waals surface area contributed by atoms with Gasteiger partial charge in [0.05, 0.1) is 18.6 Å². The van der Waals surface area contributed by atoms with Gasteiger partial charge in [-0.05, 0) is 44.5 Å². The van der Waals surface area contributed by atoms with Gasteiger partial charge in [0.15, 0.2) is 0 Å². The molecule has 4 heteroatoms. The fourth-order valence-electron chi connectivity index (χ4n) is 2.24. The van der Waals surface area contributed by atoms with Crippen LogP contribution < -0.4 is 10.6 Å². The van der Waals surface area contributed by atoms with Gasteiger partial charge in [-0.1, -0.05) is 12.1 Å². The number of benzene rings is 1. The Morgan fingerprint density at radius 1 is 1.32 bits per heavy atom. The first-order valence-corrected chi connectivity index (χ1v) is 6.73. The quantitative estimate of drug-likeness (QED) is 0.767. The smallest absolute Gasteiger partial charge is 0.234 e. The van der Waals surface area contributed by atoms with E-state index in [1.807, 2.05) is 27.0 Å². The maximum Gasteiger partial charge on any atom is 0.234 e. The van der Waals surface area contributed by atoms with E-state index in [2.05, 4.69) is 22.8 Å². The Morgan fingerprint density at radius 3 is 2.84 bits per heavy atom. The number of carbonyl (C=O) groups is 1. The molecule has 1 aliphatic heterocycles. The van der Waals surface area contributed by atoms with E-state index in [1.165, 1.54) is 5.56 Å². The van der Waals surface area contributed by atoms with Crippen molar-refractivity contribution >= 4 is 11.6 Å². The average Bonchev–Trinajstić information content (AvgIpc) is 2.61. The Labute approximate surface area is 114 Å². The first kappa shape index (κ1) is 14.0. The number of ether oxygens (including phenoxy) is 1. The Hall–Kier alpha value is -1.39. The molecule has 0 saturated carbocycles.